The largest absolute Gasteiger partial charge is 0.471 e. The van der Waals surface area contributed by atoms with Gasteiger partial charge in [0.25, 0.3) is 5.91 Å². The Morgan fingerprint density at radius 3 is 2.81 bits per heavy atom. The molecular weight excluding hydrogens is 290 g/mol. The van der Waals surface area contributed by atoms with Gasteiger partial charge in [-0.2, -0.15) is 5.10 Å². The van der Waals surface area contributed by atoms with E-state index in [2.05, 4.69) is 17.3 Å². The first-order chi connectivity index (χ1) is 10.2. The average Bonchev–Trinajstić information content (AvgIpc) is 2.95. The first-order valence-corrected chi connectivity index (χ1v) is 7.27. The Kier molecular flexibility index (Phi) is 5.63. The van der Waals surface area contributed by atoms with Crippen LogP contribution in [0.1, 0.15) is 30.3 Å². The highest BCUT2D eigenvalue weighted by Gasteiger charge is 2.11. The van der Waals surface area contributed by atoms with Gasteiger partial charge in [-0.05, 0) is 36.8 Å². The number of halogens is 1. The quantitative estimate of drug-likeness (QED) is 0.800. The molecule has 1 aromatic carbocycles. The third-order valence-electron chi connectivity index (χ3n) is 2.93. The smallest absolute Gasteiger partial charge is 0.269 e. The number of rotatable bonds is 7. The lowest BCUT2D eigenvalue weighted by molar-refractivity contribution is 0.0932. The predicted octanol–water partition coefficient (Wildman–Crippen LogP) is 3.10. The highest BCUT2D eigenvalue weighted by molar-refractivity contribution is 6.30. The van der Waals surface area contributed by atoms with Crippen LogP contribution in [0.15, 0.2) is 36.5 Å². The van der Waals surface area contributed by atoms with Crippen molar-refractivity contribution in [2.45, 2.75) is 26.5 Å². The Hall–Kier alpha value is -2.01. The number of hydrogen-bond donors (Lipinski definition) is 1. The summed E-state index contributed by atoms with van der Waals surface area (Å²) in [6.45, 7) is 2.92. The third kappa shape index (κ3) is 4.49. The zero-order valence-corrected chi connectivity index (χ0v) is 12.6. The fraction of sp³-hybridized carbons (Fsp3) is 0.333. The van der Waals surface area contributed by atoms with E-state index in [-0.39, 0.29) is 12.6 Å². The molecule has 2 aromatic rings. The van der Waals surface area contributed by atoms with Gasteiger partial charge in [-0.15, -0.1) is 0 Å². The second-order valence-corrected chi connectivity index (χ2v) is 4.99. The van der Waals surface area contributed by atoms with Crippen molar-refractivity contribution in [2.24, 2.45) is 0 Å². The molecule has 0 bridgehead atoms. The van der Waals surface area contributed by atoms with Crippen molar-refractivity contribution in [1.82, 2.24) is 15.1 Å². The maximum absolute atomic E-state index is 12.0. The van der Waals surface area contributed by atoms with Gasteiger partial charge in [0.2, 0.25) is 0 Å². The van der Waals surface area contributed by atoms with Crippen molar-refractivity contribution in [3.63, 3.8) is 0 Å². The minimum Gasteiger partial charge on any atom is -0.471 e. The van der Waals surface area contributed by atoms with Crippen LogP contribution in [-0.4, -0.2) is 22.2 Å². The van der Waals surface area contributed by atoms with Crippen LogP contribution >= 0.6 is 11.6 Å². The Balaban J connectivity index is 1.93. The van der Waals surface area contributed by atoms with Gasteiger partial charge in [0.1, 0.15) is 11.4 Å². The van der Waals surface area contributed by atoms with Gasteiger partial charge in [0.15, 0.2) is 6.73 Å². The second-order valence-electron chi connectivity index (χ2n) is 4.55. The molecule has 0 aliphatic heterocycles. The molecule has 1 N–H and O–H groups in total. The minimum atomic E-state index is -0.138. The second kappa shape index (κ2) is 7.69. The summed E-state index contributed by atoms with van der Waals surface area (Å²) in [5.74, 6) is 0.535. The zero-order valence-electron chi connectivity index (χ0n) is 11.9. The highest BCUT2D eigenvalue weighted by atomic mass is 35.5. The van der Waals surface area contributed by atoms with Crippen LogP contribution in [-0.2, 0) is 6.73 Å². The lowest BCUT2D eigenvalue weighted by atomic mass is 10.3. The molecule has 0 atom stereocenters. The zero-order chi connectivity index (χ0) is 15.1. The number of unbranched alkanes of at least 4 members (excludes halogenated alkanes) is 1. The number of carbonyl (C=O) groups is 1. The molecule has 0 fully saturated rings. The molecule has 0 aliphatic carbocycles. The van der Waals surface area contributed by atoms with E-state index in [1.165, 1.54) is 4.68 Å². The summed E-state index contributed by atoms with van der Waals surface area (Å²) < 4.78 is 7.11. The van der Waals surface area contributed by atoms with Crippen LogP contribution < -0.4 is 10.1 Å². The minimum absolute atomic E-state index is 0.138. The molecule has 1 aromatic heterocycles. The number of nitrogens with zero attached hydrogens (tertiary/aromatic N) is 2. The first-order valence-electron chi connectivity index (χ1n) is 6.89. The average molecular weight is 308 g/mol. The lowest BCUT2D eigenvalue weighted by Gasteiger charge is -2.10. The lowest BCUT2D eigenvalue weighted by Crippen LogP contribution is -2.27. The SMILES string of the molecule is CCCCNC(=O)c1ccnn1COc1ccc(Cl)cc1. The van der Waals surface area contributed by atoms with Crippen molar-refractivity contribution >= 4 is 17.5 Å². The summed E-state index contributed by atoms with van der Waals surface area (Å²) >= 11 is 5.81. The standard InChI is InChI=1S/C15H18ClN3O2/c1-2-3-9-17-15(20)14-8-10-18-19(14)11-21-13-6-4-12(16)5-7-13/h4-8,10H,2-3,9,11H2,1H3,(H,17,20). The van der Waals surface area contributed by atoms with E-state index >= 15 is 0 Å². The van der Waals surface area contributed by atoms with E-state index in [4.69, 9.17) is 16.3 Å². The van der Waals surface area contributed by atoms with Crippen molar-refractivity contribution in [3.05, 3.63) is 47.2 Å². The molecule has 2 rings (SSSR count). The number of carbonyl (C=O) groups excluding carboxylic acids is 1. The number of amides is 1. The maximum atomic E-state index is 12.0. The van der Waals surface area contributed by atoms with E-state index < -0.39 is 0 Å². The van der Waals surface area contributed by atoms with Crippen molar-refractivity contribution in [1.29, 1.82) is 0 Å². The summed E-state index contributed by atoms with van der Waals surface area (Å²) in [7, 11) is 0. The van der Waals surface area contributed by atoms with Gasteiger partial charge in [-0.3, -0.25) is 4.79 Å². The van der Waals surface area contributed by atoms with E-state index in [9.17, 15) is 4.79 Å². The number of hydrogen-bond acceptors (Lipinski definition) is 3. The molecule has 1 amide bonds. The van der Waals surface area contributed by atoms with Crippen molar-refractivity contribution in [2.75, 3.05) is 6.54 Å². The number of ether oxygens (including phenoxy) is 1. The Bertz CT molecular complexity index is 581. The number of benzene rings is 1. The fourth-order valence-corrected chi connectivity index (χ4v) is 1.89. The van der Waals surface area contributed by atoms with Crippen LogP contribution in [0.3, 0.4) is 0 Å². The molecule has 1 heterocycles. The van der Waals surface area contributed by atoms with E-state index in [1.54, 1.807) is 36.5 Å². The molecule has 0 saturated carbocycles. The van der Waals surface area contributed by atoms with Gasteiger partial charge in [0, 0.05) is 17.8 Å². The van der Waals surface area contributed by atoms with Crippen LogP contribution in [0.4, 0.5) is 0 Å². The number of nitrogens with one attached hydrogen (secondary N) is 1. The molecule has 21 heavy (non-hydrogen) atoms. The van der Waals surface area contributed by atoms with Gasteiger partial charge in [-0.25, -0.2) is 4.68 Å². The van der Waals surface area contributed by atoms with Crippen molar-refractivity contribution < 1.29 is 9.53 Å². The van der Waals surface area contributed by atoms with Gasteiger partial charge in [-0.1, -0.05) is 24.9 Å². The molecule has 0 saturated heterocycles. The normalized spacial score (nSPS) is 10.4. The summed E-state index contributed by atoms with van der Waals surface area (Å²) in [6, 6.07) is 8.71. The van der Waals surface area contributed by atoms with E-state index in [1.807, 2.05) is 0 Å². The third-order valence-corrected chi connectivity index (χ3v) is 3.18. The topological polar surface area (TPSA) is 56.2 Å². The Morgan fingerprint density at radius 1 is 1.33 bits per heavy atom. The summed E-state index contributed by atoms with van der Waals surface area (Å²) in [4.78, 5) is 12.0. The van der Waals surface area contributed by atoms with Crippen LogP contribution in [0.5, 0.6) is 5.75 Å². The van der Waals surface area contributed by atoms with Gasteiger partial charge >= 0.3 is 0 Å². The molecule has 0 spiro atoms. The molecule has 0 aliphatic rings. The summed E-state index contributed by atoms with van der Waals surface area (Å²) in [5, 5.41) is 7.61. The van der Waals surface area contributed by atoms with E-state index in [0.29, 0.717) is 23.0 Å². The van der Waals surface area contributed by atoms with Crippen LogP contribution in [0, 0.1) is 0 Å². The van der Waals surface area contributed by atoms with Crippen molar-refractivity contribution in [3.8, 4) is 5.75 Å². The number of aromatic nitrogens is 2. The van der Waals surface area contributed by atoms with Crippen LogP contribution in [0.25, 0.3) is 0 Å². The van der Waals surface area contributed by atoms with Crippen LogP contribution in [0.2, 0.25) is 5.02 Å². The molecule has 5 nitrogen and oxygen atoms in total. The summed E-state index contributed by atoms with van der Waals surface area (Å²) in [6.07, 6.45) is 3.58. The molecule has 0 unspecified atom stereocenters. The van der Waals surface area contributed by atoms with Gasteiger partial charge < -0.3 is 10.1 Å². The molecule has 112 valence electrons. The Morgan fingerprint density at radius 2 is 2.10 bits per heavy atom. The fourth-order valence-electron chi connectivity index (χ4n) is 1.76. The monoisotopic (exact) mass is 307 g/mol. The molecular formula is C15H18ClN3O2. The summed E-state index contributed by atoms with van der Waals surface area (Å²) in [5.41, 5.74) is 0.486. The van der Waals surface area contributed by atoms with Gasteiger partial charge in [0.05, 0.1) is 0 Å². The highest BCUT2D eigenvalue weighted by Crippen LogP contribution is 2.16. The molecule has 0 radical (unpaired) electrons. The van der Waals surface area contributed by atoms with E-state index in [0.717, 1.165) is 12.8 Å². The Labute approximate surface area is 128 Å². The molecule has 6 heteroatoms. The predicted molar refractivity (Wildman–Crippen MR) is 81.5 cm³/mol. The maximum Gasteiger partial charge on any atom is 0.269 e. The first kappa shape index (κ1) is 15.4.